The summed E-state index contributed by atoms with van der Waals surface area (Å²) in [7, 11) is 0. The number of rotatable bonds is 2. The highest BCUT2D eigenvalue weighted by Gasteiger charge is 2.33. The lowest BCUT2D eigenvalue weighted by molar-refractivity contribution is -0.138. The molecule has 2 rings (SSSR count). The van der Waals surface area contributed by atoms with Crippen molar-refractivity contribution >= 4 is 34.8 Å². The van der Waals surface area contributed by atoms with Crippen LogP contribution in [0.3, 0.4) is 0 Å². The zero-order valence-corrected chi connectivity index (χ0v) is 12.2. The summed E-state index contributed by atoms with van der Waals surface area (Å²) >= 11 is 17.6. The van der Waals surface area contributed by atoms with Crippen LogP contribution in [0.1, 0.15) is 11.1 Å². The zero-order chi connectivity index (χ0) is 14.9. The molecule has 6 heteroatoms. The van der Waals surface area contributed by atoms with E-state index in [0.29, 0.717) is 21.2 Å². The first kappa shape index (κ1) is 15.5. The molecule has 0 amide bonds. The van der Waals surface area contributed by atoms with Gasteiger partial charge in [-0.2, -0.15) is 13.2 Å². The molecule has 0 nitrogen and oxygen atoms in total. The lowest BCUT2D eigenvalue weighted by Crippen LogP contribution is -2.08. The van der Waals surface area contributed by atoms with E-state index in [0.717, 1.165) is 6.07 Å². The highest BCUT2D eigenvalue weighted by atomic mass is 35.5. The third kappa shape index (κ3) is 3.05. The summed E-state index contributed by atoms with van der Waals surface area (Å²) in [5.74, 6) is -0.217. The molecule has 0 spiro atoms. The van der Waals surface area contributed by atoms with Gasteiger partial charge in [0.15, 0.2) is 0 Å². The van der Waals surface area contributed by atoms with E-state index >= 15 is 0 Å². The summed E-state index contributed by atoms with van der Waals surface area (Å²) in [6.07, 6.45) is -4.48. The van der Waals surface area contributed by atoms with E-state index in [1.165, 1.54) is 12.1 Å². The number of alkyl halides is 4. The maximum Gasteiger partial charge on any atom is 0.416 e. The summed E-state index contributed by atoms with van der Waals surface area (Å²) in [6, 6.07) is 8.67. The molecule has 2 aromatic rings. The largest absolute Gasteiger partial charge is 0.416 e. The lowest BCUT2D eigenvalue weighted by atomic mass is 9.99. The van der Waals surface area contributed by atoms with Crippen LogP contribution in [0.5, 0.6) is 0 Å². The molecule has 20 heavy (non-hydrogen) atoms. The fourth-order valence-corrected chi connectivity index (χ4v) is 2.73. The minimum Gasteiger partial charge on any atom is -0.166 e. The summed E-state index contributed by atoms with van der Waals surface area (Å²) in [6.45, 7) is 0. The molecule has 0 aliphatic rings. The Kier molecular flexibility index (Phi) is 4.52. The Labute approximate surface area is 129 Å². The Balaban J connectivity index is 2.66. The van der Waals surface area contributed by atoms with Crippen molar-refractivity contribution in [1.82, 2.24) is 0 Å². The molecule has 106 valence electrons. The first-order valence-corrected chi connectivity index (χ1v) is 6.84. The Bertz CT molecular complexity index is 616. The van der Waals surface area contributed by atoms with Gasteiger partial charge in [0.05, 0.1) is 5.56 Å². The van der Waals surface area contributed by atoms with Crippen molar-refractivity contribution in [2.45, 2.75) is 12.1 Å². The summed E-state index contributed by atoms with van der Waals surface area (Å²) < 4.78 is 39.0. The van der Waals surface area contributed by atoms with Gasteiger partial charge >= 0.3 is 6.18 Å². The molecule has 0 aliphatic heterocycles. The van der Waals surface area contributed by atoms with Crippen LogP contribution in [-0.4, -0.2) is 0 Å². The molecule has 0 fully saturated rings. The number of benzene rings is 2. The van der Waals surface area contributed by atoms with Crippen LogP contribution in [-0.2, 0) is 12.1 Å². The van der Waals surface area contributed by atoms with E-state index in [9.17, 15) is 13.2 Å². The van der Waals surface area contributed by atoms with Gasteiger partial charge in [-0.05, 0) is 29.3 Å². The Morgan fingerprint density at radius 3 is 2.05 bits per heavy atom. The first-order valence-electron chi connectivity index (χ1n) is 5.55. The molecule has 0 heterocycles. The average molecular weight is 340 g/mol. The first-order chi connectivity index (χ1) is 9.34. The van der Waals surface area contributed by atoms with Crippen LogP contribution < -0.4 is 0 Å². The predicted molar refractivity (Wildman–Crippen MR) is 76.5 cm³/mol. The maximum absolute atomic E-state index is 13.0. The van der Waals surface area contributed by atoms with Gasteiger partial charge in [-0.3, -0.25) is 0 Å². The standard InChI is InChI=1S/C14H8Cl3F3/c15-7-9-5-4-8(6-10(9)14(18,19)20)13-11(16)2-1-3-12(13)17/h1-6H,7H2. The van der Waals surface area contributed by atoms with Crippen molar-refractivity contribution in [1.29, 1.82) is 0 Å². The lowest BCUT2D eigenvalue weighted by Gasteiger charge is -2.14. The molecule has 0 atom stereocenters. The van der Waals surface area contributed by atoms with Gasteiger partial charge in [0.25, 0.3) is 0 Å². The topological polar surface area (TPSA) is 0 Å². The van der Waals surface area contributed by atoms with Crippen molar-refractivity contribution in [3.8, 4) is 11.1 Å². The number of halogens is 6. The van der Waals surface area contributed by atoms with Gasteiger partial charge in [-0.1, -0.05) is 41.4 Å². The highest BCUT2D eigenvalue weighted by Crippen LogP contribution is 2.39. The van der Waals surface area contributed by atoms with Crippen molar-refractivity contribution in [3.05, 3.63) is 57.6 Å². The van der Waals surface area contributed by atoms with Crippen LogP contribution in [0, 0.1) is 0 Å². The minimum absolute atomic E-state index is 0.0195. The Morgan fingerprint density at radius 2 is 1.55 bits per heavy atom. The second-order valence-electron chi connectivity index (χ2n) is 4.10. The van der Waals surface area contributed by atoms with Crippen LogP contribution in [0.15, 0.2) is 36.4 Å². The third-order valence-electron chi connectivity index (χ3n) is 2.81. The molecule has 0 radical (unpaired) electrons. The van der Waals surface area contributed by atoms with Gasteiger partial charge in [0, 0.05) is 21.5 Å². The van der Waals surface area contributed by atoms with E-state index in [-0.39, 0.29) is 11.4 Å². The zero-order valence-electron chi connectivity index (χ0n) is 9.94. The SMILES string of the molecule is FC(F)(F)c1cc(-c2c(Cl)cccc2Cl)ccc1CCl. The van der Waals surface area contributed by atoms with E-state index in [1.54, 1.807) is 18.2 Å². The molecule has 0 unspecified atom stereocenters. The molecular weight excluding hydrogens is 332 g/mol. The van der Waals surface area contributed by atoms with Crippen molar-refractivity contribution < 1.29 is 13.2 Å². The molecule has 2 aromatic carbocycles. The molecule has 0 saturated carbocycles. The van der Waals surface area contributed by atoms with E-state index in [2.05, 4.69) is 0 Å². The monoisotopic (exact) mass is 338 g/mol. The summed E-state index contributed by atoms with van der Waals surface area (Å²) in [5, 5.41) is 0.591. The predicted octanol–water partition coefficient (Wildman–Crippen LogP) is 6.42. The number of hydrogen-bond acceptors (Lipinski definition) is 0. The van der Waals surface area contributed by atoms with Gasteiger partial charge < -0.3 is 0 Å². The average Bonchev–Trinajstić information content (AvgIpc) is 2.37. The van der Waals surface area contributed by atoms with E-state index < -0.39 is 11.7 Å². The summed E-state index contributed by atoms with van der Waals surface area (Å²) in [4.78, 5) is 0. The van der Waals surface area contributed by atoms with Gasteiger partial charge in [-0.25, -0.2) is 0 Å². The second kappa shape index (κ2) is 5.84. The van der Waals surface area contributed by atoms with Gasteiger partial charge in [0.1, 0.15) is 0 Å². The number of hydrogen-bond donors (Lipinski definition) is 0. The molecular formula is C14H8Cl3F3. The maximum atomic E-state index is 13.0. The van der Waals surface area contributed by atoms with Crippen LogP contribution in [0.2, 0.25) is 10.0 Å². The Morgan fingerprint density at radius 1 is 0.950 bits per heavy atom. The molecule has 0 saturated heterocycles. The Hall–Kier alpha value is -0.900. The highest BCUT2D eigenvalue weighted by molar-refractivity contribution is 6.39. The third-order valence-corrected chi connectivity index (χ3v) is 3.73. The van der Waals surface area contributed by atoms with Crippen LogP contribution in [0.25, 0.3) is 11.1 Å². The minimum atomic E-state index is -4.48. The van der Waals surface area contributed by atoms with Crippen LogP contribution >= 0.6 is 34.8 Å². The van der Waals surface area contributed by atoms with E-state index in [4.69, 9.17) is 34.8 Å². The quantitative estimate of drug-likeness (QED) is 0.554. The van der Waals surface area contributed by atoms with Crippen molar-refractivity contribution in [2.24, 2.45) is 0 Å². The fraction of sp³-hybridized carbons (Fsp3) is 0.143. The summed E-state index contributed by atoms with van der Waals surface area (Å²) in [5.41, 5.74) is -0.0728. The molecule has 0 N–H and O–H groups in total. The fourth-order valence-electron chi connectivity index (χ4n) is 1.89. The van der Waals surface area contributed by atoms with Crippen LogP contribution in [0.4, 0.5) is 13.2 Å². The van der Waals surface area contributed by atoms with Gasteiger partial charge in [0.2, 0.25) is 0 Å². The van der Waals surface area contributed by atoms with Gasteiger partial charge in [-0.15, -0.1) is 11.6 Å². The molecule has 0 aromatic heterocycles. The normalized spacial score (nSPS) is 11.7. The van der Waals surface area contributed by atoms with E-state index in [1.807, 2.05) is 0 Å². The molecule has 0 aliphatic carbocycles. The van der Waals surface area contributed by atoms with Crippen molar-refractivity contribution in [2.75, 3.05) is 0 Å². The molecule has 0 bridgehead atoms. The van der Waals surface area contributed by atoms with Crippen molar-refractivity contribution in [3.63, 3.8) is 0 Å². The second-order valence-corrected chi connectivity index (χ2v) is 5.18. The smallest absolute Gasteiger partial charge is 0.166 e.